The lowest BCUT2D eigenvalue weighted by atomic mass is 10.2. The molecule has 0 aliphatic heterocycles. The molecule has 0 fully saturated rings. The van der Waals surface area contributed by atoms with Gasteiger partial charge in [-0.15, -0.1) is 25.5 Å². The smallest absolute Gasteiger partial charge is 0.406 e. The Morgan fingerprint density at radius 3 is 2.80 bits per heavy atom. The molecule has 1 aromatic carbocycles. The van der Waals surface area contributed by atoms with Crippen LogP contribution in [-0.2, 0) is 6.54 Å². The number of terminal acetylenes is 1. The van der Waals surface area contributed by atoms with Crippen molar-refractivity contribution in [3.05, 3.63) is 29.8 Å². The summed E-state index contributed by atoms with van der Waals surface area (Å²) in [5.74, 6) is 2.17. The Balaban J connectivity index is 2.41. The predicted octanol–water partition coefficient (Wildman–Crippen LogP) is 2.45. The molecule has 0 saturated heterocycles. The minimum absolute atomic E-state index is 0.260. The van der Waals surface area contributed by atoms with Gasteiger partial charge in [-0.3, -0.25) is 0 Å². The summed E-state index contributed by atoms with van der Waals surface area (Å²) in [6.45, 7) is 0.661. The van der Waals surface area contributed by atoms with Crippen LogP contribution in [0.25, 0.3) is 0 Å². The zero-order valence-electron chi connectivity index (χ0n) is 10.8. The molecule has 0 spiro atoms. The van der Waals surface area contributed by atoms with E-state index in [0.29, 0.717) is 31.5 Å². The fourth-order valence-electron chi connectivity index (χ4n) is 1.59. The summed E-state index contributed by atoms with van der Waals surface area (Å²) in [4.78, 5) is 0. The molecular weight excluding hydrogens is 271 g/mol. The van der Waals surface area contributed by atoms with E-state index in [-0.39, 0.29) is 5.75 Å². The molecule has 0 aromatic heterocycles. The summed E-state index contributed by atoms with van der Waals surface area (Å²) < 4.78 is 40.0. The van der Waals surface area contributed by atoms with Crippen molar-refractivity contribution >= 4 is 0 Å². The highest BCUT2D eigenvalue weighted by molar-refractivity contribution is 5.28. The highest BCUT2D eigenvalue weighted by Gasteiger charge is 2.31. The van der Waals surface area contributed by atoms with Gasteiger partial charge in [0.2, 0.25) is 0 Å². The maximum atomic E-state index is 12.1. The lowest BCUT2D eigenvalue weighted by Crippen LogP contribution is -2.26. The molecule has 0 bridgehead atoms. The van der Waals surface area contributed by atoms with Crippen LogP contribution >= 0.6 is 0 Å². The van der Waals surface area contributed by atoms with Crippen LogP contribution < -0.4 is 10.1 Å². The number of aliphatic hydroxyl groups excluding tert-OH is 1. The third-order valence-corrected chi connectivity index (χ3v) is 2.46. The largest absolute Gasteiger partial charge is 0.573 e. The van der Waals surface area contributed by atoms with E-state index in [1.807, 2.05) is 0 Å². The van der Waals surface area contributed by atoms with E-state index in [1.165, 1.54) is 18.2 Å². The minimum atomic E-state index is -4.70. The Kier molecular flexibility index (Phi) is 6.36. The maximum absolute atomic E-state index is 12.1. The summed E-state index contributed by atoms with van der Waals surface area (Å²) in [6.07, 6.45) is 0.781. The lowest BCUT2D eigenvalue weighted by Gasteiger charge is -2.12. The highest BCUT2D eigenvalue weighted by atomic mass is 19.4. The van der Waals surface area contributed by atoms with Crippen LogP contribution in [-0.4, -0.2) is 24.1 Å². The lowest BCUT2D eigenvalue weighted by molar-refractivity contribution is -0.274. The summed E-state index contributed by atoms with van der Waals surface area (Å²) >= 11 is 0. The van der Waals surface area contributed by atoms with Crippen molar-refractivity contribution in [2.24, 2.45) is 0 Å². The van der Waals surface area contributed by atoms with Gasteiger partial charge in [-0.05, 0) is 24.1 Å². The summed E-state index contributed by atoms with van der Waals surface area (Å²) in [6, 6.07) is 5.68. The number of nitrogens with one attached hydrogen (secondary N) is 1. The Hall–Kier alpha value is -1.71. The Morgan fingerprint density at radius 1 is 1.40 bits per heavy atom. The molecule has 0 heterocycles. The molecule has 3 nitrogen and oxygen atoms in total. The van der Waals surface area contributed by atoms with Gasteiger partial charge in [0.1, 0.15) is 5.75 Å². The first-order valence-electron chi connectivity index (χ1n) is 6.07. The van der Waals surface area contributed by atoms with E-state index in [1.54, 1.807) is 6.07 Å². The van der Waals surface area contributed by atoms with Crippen LogP contribution in [0.15, 0.2) is 24.3 Å². The van der Waals surface area contributed by atoms with Gasteiger partial charge < -0.3 is 15.2 Å². The van der Waals surface area contributed by atoms with Gasteiger partial charge in [0, 0.05) is 19.5 Å². The second-order valence-electron chi connectivity index (χ2n) is 4.22. The molecule has 2 N–H and O–H groups in total. The third-order valence-electron chi connectivity index (χ3n) is 2.46. The van der Waals surface area contributed by atoms with E-state index in [2.05, 4.69) is 16.0 Å². The first kappa shape index (κ1) is 16.3. The standard InChI is InChI=1S/C14H16F3NO2/c1-2-3-6-12(19)10-18-9-11-5-4-7-13(8-11)20-14(15,16)17/h1,4-5,7-8,12,18-19H,3,6,9-10H2. The summed E-state index contributed by atoms with van der Waals surface area (Å²) in [5.41, 5.74) is 0.635. The van der Waals surface area contributed by atoms with Gasteiger partial charge in [-0.2, -0.15) is 0 Å². The molecule has 1 atom stereocenters. The Morgan fingerprint density at radius 2 is 2.15 bits per heavy atom. The summed E-state index contributed by atoms with van der Waals surface area (Å²) in [5, 5.41) is 12.5. The zero-order valence-corrected chi connectivity index (χ0v) is 10.8. The third kappa shape index (κ3) is 7.02. The van der Waals surface area contributed by atoms with Crippen LogP contribution in [0, 0.1) is 12.3 Å². The van der Waals surface area contributed by atoms with Crippen LogP contribution in [0.2, 0.25) is 0 Å². The SMILES string of the molecule is C#CCCC(O)CNCc1cccc(OC(F)(F)F)c1. The number of ether oxygens (including phenoxy) is 1. The van der Waals surface area contributed by atoms with E-state index in [0.717, 1.165) is 0 Å². The number of benzene rings is 1. The monoisotopic (exact) mass is 287 g/mol. The second-order valence-corrected chi connectivity index (χ2v) is 4.22. The number of alkyl halides is 3. The molecular formula is C14H16F3NO2. The van der Waals surface area contributed by atoms with Crippen molar-refractivity contribution in [1.29, 1.82) is 0 Å². The number of hydrogen-bond acceptors (Lipinski definition) is 3. The van der Waals surface area contributed by atoms with Crippen LogP contribution in [0.5, 0.6) is 5.75 Å². The zero-order chi connectivity index (χ0) is 15.0. The molecule has 0 radical (unpaired) electrons. The van der Waals surface area contributed by atoms with Gasteiger partial charge in [-0.25, -0.2) is 0 Å². The fourth-order valence-corrected chi connectivity index (χ4v) is 1.59. The average Bonchev–Trinajstić information content (AvgIpc) is 2.35. The van der Waals surface area contributed by atoms with E-state index in [4.69, 9.17) is 6.42 Å². The predicted molar refractivity (Wildman–Crippen MR) is 68.9 cm³/mol. The topological polar surface area (TPSA) is 41.5 Å². The first-order chi connectivity index (χ1) is 9.40. The van der Waals surface area contributed by atoms with Crippen molar-refractivity contribution in [3.63, 3.8) is 0 Å². The number of halogens is 3. The van der Waals surface area contributed by atoms with Crippen molar-refractivity contribution in [3.8, 4) is 18.1 Å². The van der Waals surface area contributed by atoms with Gasteiger partial charge in [0.25, 0.3) is 0 Å². The molecule has 20 heavy (non-hydrogen) atoms. The molecule has 0 saturated carbocycles. The molecule has 1 unspecified atom stereocenters. The van der Waals surface area contributed by atoms with Crippen molar-refractivity contribution < 1.29 is 23.0 Å². The molecule has 1 rings (SSSR count). The number of hydrogen-bond donors (Lipinski definition) is 2. The second kappa shape index (κ2) is 7.78. The molecule has 0 aliphatic rings. The quantitative estimate of drug-likeness (QED) is 0.757. The molecule has 0 aliphatic carbocycles. The first-order valence-corrected chi connectivity index (χ1v) is 6.07. The van der Waals surface area contributed by atoms with E-state index in [9.17, 15) is 18.3 Å². The van der Waals surface area contributed by atoms with Crippen LogP contribution in [0.1, 0.15) is 18.4 Å². The highest BCUT2D eigenvalue weighted by Crippen LogP contribution is 2.23. The van der Waals surface area contributed by atoms with Gasteiger partial charge in [0.15, 0.2) is 0 Å². The van der Waals surface area contributed by atoms with Gasteiger partial charge >= 0.3 is 6.36 Å². The van der Waals surface area contributed by atoms with Crippen molar-refractivity contribution in [2.75, 3.05) is 6.54 Å². The van der Waals surface area contributed by atoms with E-state index < -0.39 is 12.5 Å². The van der Waals surface area contributed by atoms with Gasteiger partial charge in [0.05, 0.1) is 6.10 Å². The summed E-state index contributed by atoms with van der Waals surface area (Å²) in [7, 11) is 0. The number of aliphatic hydroxyl groups is 1. The normalized spacial score (nSPS) is 12.8. The molecule has 6 heteroatoms. The number of rotatable bonds is 7. The Labute approximate surface area is 115 Å². The molecule has 1 aromatic rings. The Bertz CT molecular complexity index is 454. The van der Waals surface area contributed by atoms with Gasteiger partial charge in [-0.1, -0.05) is 12.1 Å². The fraction of sp³-hybridized carbons (Fsp3) is 0.429. The van der Waals surface area contributed by atoms with Crippen molar-refractivity contribution in [1.82, 2.24) is 5.32 Å². The van der Waals surface area contributed by atoms with E-state index >= 15 is 0 Å². The van der Waals surface area contributed by atoms with Crippen LogP contribution in [0.4, 0.5) is 13.2 Å². The average molecular weight is 287 g/mol. The van der Waals surface area contributed by atoms with Crippen LogP contribution in [0.3, 0.4) is 0 Å². The molecule has 110 valence electrons. The molecule has 0 amide bonds. The van der Waals surface area contributed by atoms with Crippen molar-refractivity contribution in [2.45, 2.75) is 31.9 Å². The minimum Gasteiger partial charge on any atom is -0.406 e. The maximum Gasteiger partial charge on any atom is 0.573 e.